The van der Waals surface area contributed by atoms with Gasteiger partial charge in [-0.05, 0) is 0 Å². The second-order valence-electron chi connectivity index (χ2n) is 9.42. The molecule has 0 amide bonds. The topological polar surface area (TPSA) is 559 Å². The fraction of sp³-hybridized carbons (Fsp3) is 1.00. The maximum absolute atomic E-state index is 11.6. The van der Waals surface area contributed by atoms with E-state index in [-0.39, 0.29) is 411 Å². The molecule has 2 fully saturated rings. The van der Waals surface area contributed by atoms with Gasteiger partial charge in [0.15, 0.2) is 24.8 Å². The first-order valence-electron chi connectivity index (χ1n) is 12.2. The number of hydrogen-bond donors (Lipinski definition) is 0. The summed E-state index contributed by atoms with van der Waals surface area (Å²) < 4.78 is 319. The molecule has 2 saturated heterocycles. The van der Waals surface area contributed by atoms with Crippen LogP contribution in [0.15, 0.2) is 0 Å². The summed E-state index contributed by atoms with van der Waals surface area (Å²) >= 11 is 0. The Morgan fingerprint density at radius 2 is 0.492 bits per heavy atom. The summed E-state index contributed by atoms with van der Waals surface area (Å²) in [6, 6.07) is 0. The van der Waals surface area contributed by atoms with Gasteiger partial charge in [-0.3, -0.25) is 33.5 Å². The predicted octanol–water partition coefficient (Wildman–Crippen LogP) is -33.5. The van der Waals surface area contributed by atoms with Crippen molar-refractivity contribution in [3.8, 4) is 0 Å². The van der Waals surface area contributed by atoms with Gasteiger partial charge in [-0.1, -0.05) is 0 Å². The van der Waals surface area contributed by atoms with E-state index in [0.717, 1.165) is 0 Å². The summed E-state index contributed by atoms with van der Waals surface area (Å²) in [6.45, 7) is -4.14. The van der Waals surface area contributed by atoms with Gasteiger partial charge in [-0.2, -0.15) is 0 Å². The van der Waals surface area contributed by atoms with Gasteiger partial charge in [0.05, 0.1) is 13.2 Å². The molecule has 0 aromatic heterocycles. The summed E-state index contributed by atoms with van der Waals surface area (Å²) in [4.78, 5) is 0. The third-order valence-electron chi connectivity index (χ3n) is 5.58. The Balaban J connectivity index is -0.000000784. The van der Waals surface area contributed by atoms with E-state index in [0.29, 0.717) is 0 Å². The zero-order valence-electron chi connectivity index (χ0n) is 32.7. The van der Waals surface area contributed by atoms with E-state index in [9.17, 15) is 104 Å². The van der Waals surface area contributed by atoms with Gasteiger partial charge in [-0.25, -0.2) is 67.3 Å². The summed E-state index contributed by atoms with van der Waals surface area (Å²) in [5.74, 6) is 0. The van der Waals surface area contributed by atoms with Crippen LogP contribution in [0.2, 0.25) is 0 Å². The minimum atomic E-state index is -6.50. The molecule has 0 aromatic rings. The molecule has 0 N–H and O–H groups in total. The molecule has 51 heteroatoms. The predicted molar refractivity (Wildman–Crippen MR) is 137 cm³/mol. The fourth-order valence-electron chi connectivity index (χ4n) is 4.15. The molecule has 2 aliphatic rings. The molecule has 2 aliphatic heterocycles. The molecule has 0 unspecified atom stereocenters. The molecule has 2 rings (SSSR count). The van der Waals surface area contributed by atoms with Crippen LogP contribution >= 0.6 is 0 Å². The first kappa shape index (κ1) is 88.8. The Labute approximate surface area is 699 Å². The largest absolute Gasteiger partial charge is 1.00 e. The summed E-state index contributed by atoms with van der Waals surface area (Å²) in [5, 5.41) is 0. The summed E-state index contributed by atoms with van der Waals surface area (Å²) in [5.41, 5.74) is 0. The Bertz CT molecular complexity index is 2130. The molecular weight excluding hydrogens is 1270 g/mol. The average molecular weight is 1290 g/mol. The van der Waals surface area contributed by atoms with Crippen LogP contribution in [0, 0.1) is 0 Å². The smallest absolute Gasteiger partial charge is 0.726 e. The van der Waals surface area contributed by atoms with Crippen LogP contribution in [0.5, 0.6) is 0 Å². The quantitative estimate of drug-likeness (QED) is 0.0620. The van der Waals surface area contributed by atoms with Crippen molar-refractivity contribution in [3.05, 3.63) is 0 Å². The Morgan fingerprint density at radius 3 is 0.683 bits per heavy atom. The van der Waals surface area contributed by atoms with Gasteiger partial charge in [0, 0.05) is 0 Å². The molecule has 0 aliphatic carbocycles. The van der Waals surface area contributed by atoms with Gasteiger partial charge in [0.2, 0.25) is 83.2 Å². The second-order valence-corrected chi connectivity index (χ2v) is 17.6. The average Bonchev–Trinajstić information content (AvgIpc) is 2.88. The number of hydrogen-bond acceptors (Lipinski definition) is 35. The van der Waals surface area contributed by atoms with Crippen molar-refractivity contribution in [1.82, 2.24) is 0 Å². The van der Waals surface area contributed by atoms with Crippen molar-refractivity contribution < 1.29 is 563 Å². The van der Waals surface area contributed by atoms with Crippen LogP contribution in [-0.4, -0.2) is 178 Å². The zero-order chi connectivity index (χ0) is 43.0. The maximum atomic E-state index is 11.6. The molecule has 0 radical (unpaired) electrons. The minimum absolute atomic E-state index is 0. The van der Waals surface area contributed by atoms with E-state index in [2.05, 4.69) is 33.5 Å². The Hall–Kier alpha value is 11.9. The maximum Gasteiger partial charge on any atom is 1.00 e. The SMILES string of the molecule is O=S(=O)([O-])OC[C@H]1O[C@H](O[C@H]2O[C@H](COS(=O)(=O)[O-])[C@@H](OS(=O)(=O)[O-])[C@H](OS(=O)(=O)[O-])[C@H]2OS(=O)(=O)[O-])[C@H](OS(=O)(=O)[O-])[C@@H](OS(=O)(=O)[O-])[C@@H]1OS(=O)(=O)[O-].[K+].[K+].[K+].[K+].[K+].[K+].[K+].[K+]. The van der Waals surface area contributed by atoms with Gasteiger partial charge in [0.25, 0.3) is 0 Å². The van der Waals surface area contributed by atoms with Crippen molar-refractivity contribution in [3.63, 3.8) is 0 Å². The molecule has 35 nitrogen and oxygen atoms in total. The van der Waals surface area contributed by atoms with Gasteiger partial charge in [-0.15, -0.1) is 0 Å². The number of ether oxygens (including phenoxy) is 3. The van der Waals surface area contributed by atoms with E-state index in [1.807, 2.05) is 0 Å². The Morgan fingerprint density at radius 1 is 0.302 bits per heavy atom. The first-order chi connectivity index (χ1) is 24.2. The fourth-order valence-corrected chi connectivity index (χ4v) is 7.69. The van der Waals surface area contributed by atoms with Crippen LogP contribution in [0.3, 0.4) is 0 Å². The van der Waals surface area contributed by atoms with Crippen molar-refractivity contribution in [2.45, 2.75) is 61.4 Å². The summed E-state index contributed by atoms with van der Waals surface area (Å²) in [7, 11) is -50.7. The van der Waals surface area contributed by atoms with Crippen molar-refractivity contribution in [2.24, 2.45) is 0 Å². The van der Waals surface area contributed by atoms with Gasteiger partial charge in [0.1, 0.15) is 36.6 Å². The molecule has 2 heterocycles. The molecule has 10 atom stereocenters. The van der Waals surface area contributed by atoms with Crippen LogP contribution in [0.4, 0.5) is 0 Å². The van der Waals surface area contributed by atoms with Gasteiger partial charge >= 0.3 is 411 Å². The second kappa shape index (κ2) is 37.1. The van der Waals surface area contributed by atoms with E-state index in [4.69, 9.17) is 14.2 Å². The zero-order valence-corrected chi connectivity index (χ0v) is 64.3. The number of rotatable bonds is 20. The van der Waals surface area contributed by atoms with E-state index in [1.165, 1.54) is 0 Å². The van der Waals surface area contributed by atoms with Crippen LogP contribution in [0.25, 0.3) is 0 Å². The van der Waals surface area contributed by atoms with Crippen molar-refractivity contribution in [2.75, 3.05) is 13.2 Å². The third-order valence-corrected chi connectivity index (χ3v) is 9.17. The van der Waals surface area contributed by atoms with Crippen LogP contribution in [-0.2, 0) is 131 Å². The normalized spacial score (nSPS) is 27.0. The third kappa shape index (κ3) is 39.9. The molecule has 0 saturated carbocycles. The van der Waals surface area contributed by atoms with Crippen molar-refractivity contribution in [1.29, 1.82) is 0 Å². The van der Waals surface area contributed by atoms with E-state index in [1.54, 1.807) is 0 Å². The first-order valence-corrected chi connectivity index (χ1v) is 22.9. The minimum Gasteiger partial charge on any atom is -0.726 e. The Kier molecular flexibility index (Phi) is 52.3. The molecule has 0 bridgehead atoms. The van der Waals surface area contributed by atoms with E-state index < -0.39 is 158 Å². The van der Waals surface area contributed by atoms with Gasteiger partial charge < -0.3 is 50.6 Å². The standard InChI is InChI=1S/C12H22O35S8.8K/c13-48(14,15)37-1-3-5(42-50(19,20)21)7(44-52(25,26)27)9(46-54(31,32)33)11(39-3)41-12-10(47-55(34,35)36)8(45-53(28,29)30)6(43-51(22,23)24)4(40-12)2-38-49(16,17)18;;;;;;;;/h3-12H,1-2H2,(H,13,14,15)(H,16,17,18)(H,19,20,21)(H,22,23,24)(H,25,26,27)(H,28,29,30)(H,31,32,33)(H,34,35,36);;;;;;;;/q;8*+1/p-8/t3-,4-,5-,6-,7+,8+,9-,10-,11-,12-;;;;;;;;/m1......../s1. The summed E-state index contributed by atoms with van der Waals surface area (Å²) in [6.07, 6.45) is -33.9. The molecule has 0 aromatic carbocycles. The monoisotopic (exact) mass is 1290 g/mol. The molecule has 0 spiro atoms. The van der Waals surface area contributed by atoms with E-state index >= 15 is 0 Å². The van der Waals surface area contributed by atoms with Crippen LogP contribution < -0.4 is 411 Å². The van der Waals surface area contributed by atoms with Crippen LogP contribution in [0.1, 0.15) is 0 Å². The molecule has 328 valence electrons. The molecular formula is C12H14K8O35S8. The molecule has 63 heavy (non-hydrogen) atoms. The van der Waals surface area contributed by atoms with Crippen molar-refractivity contribution >= 4 is 83.2 Å².